The van der Waals surface area contributed by atoms with Crippen LogP contribution in [0.1, 0.15) is 0 Å². The molecule has 0 spiro atoms. The van der Waals surface area contributed by atoms with Gasteiger partial charge in [-0.15, -0.1) is 0 Å². The number of nitrogens with zero attached hydrogens (tertiary/aromatic N) is 4. The monoisotopic (exact) mass is 788 g/mol. The van der Waals surface area contributed by atoms with Gasteiger partial charge in [0.1, 0.15) is 5.69 Å². The minimum Gasteiger partial charge on any atom is -0.309 e. The van der Waals surface area contributed by atoms with E-state index in [9.17, 15) is 0 Å². The van der Waals surface area contributed by atoms with Gasteiger partial charge < -0.3 is 4.57 Å². The highest BCUT2D eigenvalue weighted by atomic mass is 15.1. The molecule has 0 aliphatic heterocycles. The van der Waals surface area contributed by atoms with Gasteiger partial charge in [0, 0.05) is 32.8 Å². The van der Waals surface area contributed by atoms with Gasteiger partial charge in [-0.05, 0) is 111 Å². The lowest BCUT2D eigenvalue weighted by atomic mass is 9.96. The molecule has 0 unspecified atom stereocenters. The molecule has 288 valence electrons. The van der Waals surface area contributed by atoms with E-state index in [1.54, 1.807) is 0 Å². The number of benzene rings is 10. The molecule has 13 rings (SSSR count). The first-order valence-corrected chi connectivity index (χ1v) is 21.2. The predicted molar refractivity (Wildman–Crippen MR) is 260 cm³/mol. The topological polar surface area (TPSA) is 35.6 Å². The first-order valence-electron chi connectivity index (χ1n) is 21.2. The standard InChI is InChI=1S/C58H36N4/c1-3-14-37(15-4-1)42-28-30-50-51(35-42)59-57(44-29-31-53-48(34-44)47-22-11-12-24-52(47)61(53)45-20-5-2-6-21-45)58(60-50)62-54-25-13-23-46(43-27-26-38-16-7-8-17-39(38)32-43)56(54)49-33-40-18-9-10-19-41(40)36-55(49)62/h1-36H. The molecule has 0 saturated carbocycles. The Morgan fingerprint density at radius 3 is 1.81 bits per heavy atom. The van der Waals surface area contributed by atoms with Crippen molar-refractivity contribution < 1.29 is 0 Å². The lowest BCUT2D eigenvalue weighted by molar-refractivity contribution is 1.08. The van der Waals surface area contributed by atoms with Crippen LogP contribution in [0.4, 0.5) is 0 Å². The summed E-state index contributed by atoms with van der Waals surface area (Å²) < 4.78 is 4.73. The summed E-state index contributed by atoms with van der Waals surface area (Å²) in [5.41, 5.74) is 13.7. The molecule has 3 heterocycles. The second kappa shape index (κ2) is 13.6. The Balaban J connectivity index is 1.13. The number of aromatic nitrogens is 4. The van der Waals surface area contributed by atoms with Crippen molar-refractivity contribution in [2.45, 2.75) is 0 Å². The quantitative estimate of drug-likeness (QED) is 0.174. The number of para-hydroxylation sites is 2. The maximum absolute atomic E-state index is 5.64. The van der Waals surface area contributed by atoms with Crippen LogP contribution >= 0.6 is 0 Å². The molecule has 0 N–H and O–H groups in total. The van der Waals surface area contributed by atoms with Crippen molar-refractivity contribution in [3.05, 3.63) is 218 Å². The van der Waals surface area contributed by atoms with Gasteiger partial charge in [0.05, 0.1) is 33.1 Å². The van der Waals surface area contributed by atoms with Crippen molar-refractivity contribution in [1.29, 1.82) is 0 Å². The second-order valence-electron chi connectivity index (χ2n) is 16.2. The zero-order valence-corrected chi connectivity index (χ0v) is 33.6. The fraction of sp³-hybridized carbons (Fsp3) is 0. The van der Waals surface area contributed by atoms with Crippen LogP contribution in [0, 0.1) is 0 Å². The van der Waals surface area contributed by atoms with Gasteiger partial charge in [-0.3, -0.25) is 4.57 Å². The molecule has 0 aliphatic rings. The Morgan fingerprint density at radius 2 is 0.968 bits per heavy atom. The first-order chi connectivity index (χ1) is 30.7. The van der Waals surface area contributed by atoms with Gasteiger partial charge in [-0.2, -0.15) is 0 Å². The summed E-state index contributed by atoms with van der Waals surface area (Å²) in [5.74, 6) is 0.794. The molecule has 0 fully saturated rings. The molecule has 10 aromatic carbocycles. The van der Waals surface area contributed by atoms with E-state index in [0.29, 0.717) is 0 Å². The van der Waals surface area contributed by atoms with E-state index in [-0.39, 0.29) is 0 Å². The van der Waals surface area contributed by atoms with Crippen molar-refractivity contribution in [2.75, 3.05) is 0 Å². The number of fused-ring (bicyclic) bond motifs is 9. The maximum atomic E-state index is 5.64. The van der Waals surface area contributed by atoms with Crippen LogP contribution in [0.5, 0.6) is 0 Å². The Kier molecular flexibility index (Phi) is 7.57. The average molecular weight is 789 g/mol. The number of hydrogen-bond donors (Lipinski definition) is 0. The molecule has 4 heteroatoms. The average Bonchev–Trinajstić information content (AvgIpc) is 3.85. The van der Waals surface area contributed by atoms with E-state index in [2.05, 4.69) is 228 Å². The highest BCUT2D eigenvalue weighted by molar-refractivity contribution is 6.19. The molecule has 0 atom stereocenters. The summed E-state index contributed by atoms with van der Waals surface area (Å²) in [7, 11) is 0. The minimum absolute atomic E-state index is 0.794. The zero-order valence-electron chi connectivity index (χ0n) is 33.6. The van der Waals surface area contributed by atoms with Crippen molar-refractivity contribution in [1.82, 2.24) is 19.1 Å². The second-order valence-corrected chi connectivity index (χ2v) is 16.2. The summed E-state index contributed by atoms with van der Waals surface area (Å²) in [6, 6.07) is 78.6. The summed E-state index contributed by atoms with van der Waals surface area (Å²) in [5, 5.41) is 9.55. The third-order valence-electron chi connectivity index (χ3n) is 12.6. The van der Waals surface area contributed by atoms with Gasteiger partial charge in [0.15, 0.2) is 5.82 Å². The highest BCUT2D eigenvalue weighted by Crippen LogP contribution is 2.43. The van der Waals surface area contributed by atoms with E-state index < -0.39 is 0 Å². The molecule has 0 aliphatic carbocycles. The SMILES string of the molecule is c1ccc(-c2ccc3nc(-n4c5cc6ccccc6cc5c5c(-c6ccc7ccccc7c6)cccc54)c(-c4ccc5c(c4)c4ccccc4n5-c4ccccc4)nc3c2)cc1. The van der Waals surface area contributed by atoms with Crippen molar-refractivity contribution in [3.63, 3.8) is 0 Å². The largest absolute Gasteiger partial charge is 0.309 e. The molecule has 0 radical (unpaired) electrons. The van der Waals surface area contributed by atoms with E-state index in [4.69, 9.17) is 9.97 Å². The van der Waals surface area contributed by atoms with Crippen LogP contribution in [0.25, 0.3) is 121 Å². The van der Waals surface area contributed by atoms with Crippen LogP contribution in [0.15, 0.2) is 218 Å². The van der Waals surface area contributed by atoms with Gasteiger partial charge in [0.2, 0.25) is 0 Å². The van der Waals surface area contributed by atoms with Crippen LogP contribution in [-0.4, -0.2) is 19.1 Å². The van der Waals surface area contributed by atoms with E-state index in [0.717, 1.165) is 61.5 Å². The lowest BCUT2D eigenvalue weighted by Gasteiger charge is -2.15. The first kappa shape index (κ1) is 34.5. The zero-order chi connectivity index (χ0) is 40.7. The van der Waals surface area contributed by atoms with Gasteiger partial charge >= 0.3 is 0 Å². The smallest absolute Gasteiger partial charge is 0.165 e. The van der Waals surface area contributed by atoms with Gasteiger partial charge in [-0.25, -0.2) is 9.97 Å². The predicted octanol–water partition coefficient (Wildman–Crippen LogP) is 15.1. The summed E-state index contributed by atoms with van der Waals surface area (Å²) in [6.07, 6.45) is 0. The number of hydrogen-bond acceptors (Lipinski definition) is 2. The van der Waals surface area contributed by atoms with Crippen molar-refractivity contribution in [3.8, 4) is 45.0 Å². The molecule has 4 nitrogen and oxygen atoms in total. The Hall–Kier alpha value is -8.34. The van der Waals surface area contributed by atoms with E-state index in [1.165, 1.54) is 59.7 Å². The van der Waals surface area contributed by atoms with E-state index >= 15 is 0 Å². The third-order valence-corrected chi connectivity index (χ3v) is 12.6. The van der Waals surface area contributed by atoms with Crippen LogP contribution in [0.2, 0.25) is 0 Å². The molecule has 0 saturated heterocycles. The van der Waals surface area contributed by atoms with Crippen LogP contribution < -0.4 is 0 Å². The summed E-state index contributed by atoms with van der Waals surface area (Å²) in [4.78, 5) is 11.3. The molecule has 3 aromatic heterocycles. The normalized spacial score (nSPS) is 11.9. The van der Waals surface area contributed by atoms with Gasteiger partial charge in [-0.1, -0.05) is 152 Å². The lowest BCUT2D eigenvalue weighted by Crippen LogP contribution is -2.04. The van der Waals surface area contributed by atoms with Gasteiger partial charge in [0.25, 0.3) is 0 Å². The Morgan fingerprint density at radius 1 is 0.306 bits per heavy atom. The molecular formula is C58H36N4. The molecule has 62 heavy (non-hydrogen) atoms. The highest BCUT2D eigenvalue weighted by Gasteiger charge is 2.23. The summed E-state index contributed by atoms with van der Waals surface area (Å²) >= 11 is 0. The van der Waals surface area contributed by atoms with Crippen LogP contribution in [-0.2, 0) is 0 Å². The Labute approximate surface area is 357 Å². The molecule has 0 amide bonds. The summed E-state index contributed by atoms with van der Waals surface area (Å²) in [6.45, 7) is 0. The third kappa shape index (κ3) is 5.33. The Bertz CT molecular complexity index is 3920. The molecule has 13 aromatic rings. The van der Waals surface area contributed by atoms with Crippen molar-refractivity contribution in [2.24, 2.45) is 0 Å². The number of rotatable bonds is 5. The molecule has 0 bridgehead atoms. The fourth-order valence-electron chi connectivity index (χ4n) is 9.76. The minimum atomic E-state index is 0.794. The fourth-order valence-corrected chi connectivity index (χ4v) is 9.76. The van der Waals surface area contributed by atoms with Crippen LogP contribution in [0.3, 0.4) is 0 Å². The van der Waals surface area contributed by atoms with E-state index in [1.807, 2.05) is 0 Å². The maximum Gasteiger partial charge on any atom is 0.165 e. The van der Waals surface area contributed by atoms with Crippen molar-refractivity contribution >= 4 is 76.2 Å². The molecular weight excluding hydrogens is 753 g/mol.